The van der Waals surface area contributed by atoms with E-state index >= 15 is 0 Å². The van der Waals surface area contributed by atoms with E-state index < -0.39 is 0 Å². The molecule has 5 heteroatoms. The first kappa shape index (κ1) is 14.1. The zero-order valence-electron chi connectivity index (χ0n) is 11.8. The summed E-state index contributed by atoms with van der Waals surface area (Å²) >= 11 is 6.22. The van der Waals surface area contributed by atoms with Crippen molar-refractivity contribution < 1.29 is 4.74 Å². The monoisotopic (exact) mass is 295 g/mol. The normalized spacial score (nSPS) is 24.9. The number of anilines is 1. The van der Waals surface area contributed by atoms with E-state index in [0.717, 1.165) is 50.2 Å². The van der Waals surface area contributed by atoms with Crippen molar-refractivity contribution in [3.05, 3.63) is 23.4 Å². The van der Waals surface area contributed by atoms with Gasteiger partial charge in [-0.3, -0.25) is 4.90 Å². The molecule has 0 spiro atoms. The van der Waals surface area contributed by atoms with Crippen LogP contribution in [0.15, 0.2) is 18.3 Å². The van der Waals surface area contributed by atoms with E-state index in [4.69, 9.17) is 16.3 Å². The van der Waals surface area contributed by atoms with Crippen LogP contribution in [0.25, 0.3) is 0 Å². The van der Waals surface area contributed by atoms with Crippen LogP contribution < -0.4 is 4.90 Å². The maximum atomic E-state index is 6.22. The van der Waals surface area contributed by atoms with Crippen LogP contribution in [0.1, 0.15) is 12.8 Å². The van der Waals surface area contributed by atoms with E-state index in [-0.39, 0.29) is 0 Å². The number of aromatic nitrogens is 1. The van der Waals surface area contributed by atoms with Gasteiger partial charge in [0.05, 0.1) is 11.6 Å². The highest BCUT2D eigenvalue weighted by Gasteiger charge is 2.23. The predicted molar refractivity (Wildman–Crippen MR) is 81.4 cm³/mol. The first-order valence-corrected chi connectivity index (χ1v) is 7.86. The van der Waals surface area contributed by atoms with Gasteiger partial charge in [-0.25, -0.2) is 4.98 Å². The van der Waals surface area contributed by atoms with Crippen molar-refractivity contribution in [3.8, 4) is 0 Å². The summed E-state index contributed by atoms with van der Waals surface area (Å²) in [4.78, 5) is 9.23. The second kappa shape index (κ2) is 6.74. The van der Waals surface area contributed by atoms with Crippen LogP contribution in [0.4, 0.5) is 5.82 Å². The summed E-state index contributed by atoms with van der Waals surface area (Å²) in [6, 6.07) is 3.79. The zero-order chi connectivity index (χ0) is 13.8. The molecule has 1 atom stereocenters. The minimum absolute atomic E-state index is 0.716. The van der Waals surface area contributed by atoms with Gasteiger partial charge in [-0.15, -0.1) is 0 Å². The molecule has 1 aromatic heterocycles. The molecule has 2 aliphatic heterocycles. The lowest BCUT2D eigenvalue weighted by atomic mass is 10.0. The van der Waals surface area contributed by atoms with Crippen LogP contribution in [0.3, 0.4) is 0 Å². The summed E-state index contributed by atoms with van der Waals surface area (Å²) in [6.45, 7) is 7.24. The van der Waals surface area contributed by atoms with E-state index in [2.05, 4.69) is 14.8 Å². The highest BCUT2D eigenvalue weighted by Crippen LogP contribution is 2.24. The van der Waals surface area contributed by atoms with E-state index in [1.807, 2.05) is 18.3 Å². The third kappa shape index (κ3) is 3.43. The summed E-state index contributed by atoms with van der Waals surface area (Å²) in [5.74, 6) is 1.64. The SMILES string of the molecule is Clc1cccnc1N1CCN(CC2CCCOC2)CC1. The summed E-state index contributed by atoms with van der Waals surface area (Å²) in [6.07, 6.45) is 4.34. The van der Waals surface area contributed by atoms with E-state index in [0.29, 0.717) is 5.92 Å². The van der Waals surface area contributed by atoms with E-state index in [9.17, 15) is 0 Å². The molecule has 20 heavy (non-hydrogen) atoms. The summed E-state index contributed by atoms with van der Waals surface area (Å²) < 4.78 is 5.57. The molecule has 0 amide bonds. The van der Waals surface area contributed by atoms with Crippen LogP contribution in [0.5, 0.6) is 0 Å². The smallest absolute Gasteiger partial charge is 0.147 e. The van der Waals surface area contributed by atoms with Crippen molar-refractivity contribution in [1.82, 2.24) is 9.88 Å². The molecule has 2 aliphatic rings. The van der Waals surface area contributed by atoms with Crippen molar-refractivity contribution in [3.63, 3.8) is 0 Å². The van der Waals surface area contributed by atoms with Crippen LogP contribution in [0.2, 0.25) is 5.02 Å². The molecule has 0 N–H and O–H groups in total. The van der Waals surface area contributed by atoms with E-state index in [1.165, 1.54) is 19.4 Å². The zero-order valence-corrected chi connectivity index (χ0v) is 12.6. The summed E-state index contributed by atoms with van der Waals surface area (Å²) in [7, 11) is 0. The fourth-order valence-corrected chi connectivity index (χ4v) is 3.31. The van der Waals surface area contributed by atoms with Crippen LogP contribution in [0, 0.1) is 5.92 Å². The molecule has 0 bridgehead atoms. The lowest BCUT2D eigenvalue weighted by Crippen LogP contribution is -2.48. The Morgan fingerprint density at radius 1 is 1.30 bits per heavy atom. The lowest BCUT2D eigenvalue weighted by molar-refractivity contribution is 0.0377. The molecule has 1 aromatic rings. The molecular formula is C15H22ClN3O. The van der Waals surface area contributed by atoms with Gasteiger partial charge in [-0.1, -0.05) is 11.6 Å². The second-order valence-corrected chi connectivity index (χ2v) is 6.09. The Hall–Kier alpha value is -0.840. The molecule has 2 fully saturated rings. The maximum absolute atomic E-state index is 6.22. The van der Waals surface area contributed by atoms with Crippen LogP contribution in [-0.4, -0.2) is 55.8 Å². The molecule has 110 valence electrons. The van der Waals surface area contributed by atoms with Gasteiger partial charge in [0.1, 0.15) is 5.82 Å². The molecule has 2 saturated heterocycles. The van der Waals surface area contributed by atoms with Gasteiger partial charge in [-0.2, -0.15) is 0 Å². The number of pyridine rings is 1. The molecular weight excluding hydrogens is 274 g/mol. The van der Waals surface area contributed by atoms with Crippen LogP contribution in [-0.2, 0) is 4.74 Å². The number of halogens is 1. The summed E-state index contributed by atoms with van der Waals surface area (Å²) in [5, 5.41) is 0.752. The first-order valence-electron chi connectivity index (χ1n) is 7.48. The van der Waals surface area contributed by atoms with Gasteiger partial charge in [0, 0.05) is 45.5 Å². The topological polar surface area (TPSA) is 28.6 Å². The molecule has 1 unspecified atom stereocenters. The standard InChI is InChI=1S/C15H22ClN3O/c16-14-4-1-5-17-15(14)19-8-6-18(7-9-19)11-13-3-2-10-20-12-13/h1,4-5,13H,2-3,6-12H2. The molecule has 4 nitrogen and oxygen atoms in total. The van der Waals surface area contributed by atoms with Gasteiger partial charge in [0.15, 0.2) is 0 Å². The van der Waals surface area contributed by atoms with Gasteiger partial charge in [-0.05, 0) is 30.9 Å². The molecule has 3 rings (SSSR count). The average molecular weight is 296 g/mol. The first-order chi connectivity index (χ1) is 9.83. The number of rotatable bonds is 3. The molecule has 0 aromatic carbocycles. The van der Waals surface area contributed by atoms with Gasteiger partial charge >= 0.3 is 0 Å². The number of hydrogen-bond donors (Lipinski definition) is 0. The fourth-order valence-electron chi connectivity index (χ4n) is 3.07. The minimum Gasteiger partial charge on any atom is -0.381 e. The van der Waals surface area contributed by atoms with Gasteiger partial charge < -0.3 is 9.64 Å². The molecule has 0 aliphatic carbocycles. The lowest BCUT2D eigenvalue weighted by Gasteiger charge is -2.37. The second-order valence-electron chi connectivity index (χ2n) is 5.68. The number of nitrogens with zero attached hydrogens (tertiary/aromatic N) is 3. The Labute approximate surface area is 125 Å². The third-order valence-electron chi connectivity index (χ3n) is 4.18. The molecule has 3 heterocycles. The predicted octanol–water partition coefficient (Wildman–Crippen LogP) is 2.28. The number of hydrogen-bond acceptors (Lipinski definition) is 4. The number of ether oxygens (including phenoxy) is 1. The third-order valence-corrected chi connectivity index (χ3v) is 4.48. The van der Waals surface area contributed by atoms with Crippen molar-refractivity contribution in [2.24, 2.45) is 5.92 Å². The quantitative estimate of drug-likeness (QED) is 0.855. The van der Waals surface area contributed by atoms with E-state index in [1.54, 1.807) is 0 Å². The Morgan fingerprint density at radius 2 is 2.15 bits per heavy atom. The van der Waals surface area contributed by atoms with Crippen molar-refractivity contribution >= 4 is 17.4 Å². The maximum Gasteiger partial charge on any atom is 0.147 e. The van der Waals surface area contributed by atoms with Crippen molar-refractivity contribution in [2.75, 3.05) is 50.8 Å². The summed E-state index contributed by atoms with van der Waals surface area (Å²) in [5.41, 5.74) is 0. The van der Waals surface area contributed by atoms with Crippen molar-refractivity contribution in [1.29, 1.82) is 0 Å². The fraction of sp³-hybridized carbons (Fsp3) is 0.667. The van der Waals surface area contributed by atoms with Gasteiger partial charge in [0.25, 0.3) is 0 Å². The van der Waals surface area contributed by atoms with Crippen LogP contribution >= 0.6 is 11.6 Å². The molecule has 0 radical (unpaired) electrons. The van der Waals surface area contributed by atoms with Gasteiger partial charge in [0.2, 0.25) is 0 Å². The average Bonchev–Trinajstić information content (AvgIpc) is 2.50. The Balaban J connectivity index is 1.50. The Kier molecular flexibility index (Phi) is 4.76. The Morgan fingerprint density at radius 3 is 2.85 bits per heavy atom. The Bertz CT molecular complexity index is 429. The number of piperazine rings is 1. The largest absolute Gasteiger partial charge is 0.381 e. The van der Waals surface area contributed by atoms with Crippen molar-refractivity contribution in [2.45, 2.75) is 12.8 Å². The molecule has 0 saturated carbocycles. The minimum atomic E-state index is 0.716. The highest BCUT2D eigenvalue weighted by molar-refractivity contribution is 6.32. The highest BCUT2D eigenvalue weighted by atomic mass is 35.5.